The Bertz CT molecular complexity index is 741. The smallest absolute Gasteiger partial charge is 0.278 e. The molecular formula is C14H15N5O2. The van der Waals surface area contributed by atoms with Gasteiger partial charge < -0.3 is 11.1 Å². The Labute approximate surface area is 120 Å². The minimum atomic E-state index is -0.430. The second-order valence-electron chi connectivity index (χ2n) is 4.84. The van der Waals surface area contributed by atoms with Crippen LogP contribution < -0.4 is 21.5 Å². The number of aromatic amines is 1. The molecule has 0 spiro atoms. The molecule has 1 unspecified atom stereocenters. The van der Waals surface area contributed by atoms with Gasteiger partial charge in [-0.1, -0.05) is 30.3 Å². The normalized spacial score (nSPS) is 17.0. The second kappa shape index (κ2) is 4.93. The Kier molecular flexibility index (Phi) is 3.09. The lowest BCUT2D eigenvalue weighted by Crippen LogP contribution is -2.44. The van der Waals surface area contributed by atoms with Gasteiger partial charge in [0.15, 0.2) is 11.5 Å². The zero-order valence-electron chi connectivity index (χ0n) is 11.5. The van der Waals surface area contributed by atoms with Crippen molar-refractivity contribution >= 4 is 23.4 Å². The molecule has 1 aromatic carbocycles. The number of aromatic nitrogens is 2. The van der Waals surface area contributed by atoms with Crippen LogP contribution in [0.25, 0.3) is 0 Å². The Morgan fingerprint density at radius 2 is 2.10 bits per heavy atom. The largest absolute Gasteiger partial charge is 0.369 e. The summed E-state index contributed by atoms with van der Waals surface area (Å²) in [6.45, 7) is 1.90. The van der Waals surface area contributed by atoms with Crippen LogP contribution in [0.5, 0.6) is 0 Å². The van der Waals surface area contributed by atoms with Gasteiger partial charge in [0.05, 0.1) is 6.04 Å². The van der Waals surface area contributed by atoms with Gasteiger partial charge in [-0.3, -0.25) is 19.5 Å². The van der Waals surface area contributed by atoms with E-state index in [0.29, 0.717) is 12.4 Å². The zero-order chi connectivity index (χ0) is 15.0. The third-order valence-corrected chi connectivity index (χ3v) is 3.45. The minimum absolute atomic E-state index is 0.0212. The number of carbonyl (C=O) groups is 1. The zero-order valence-corrected chi connectivity index (χ0v) is 11.5. The first-order chi connectivity index (χ1) is 10.1. The van der Waals surface area contributed by atoms with Gasteiger partial charge in [0.2, 0.25) is 11.9 Å². The first-order valence-electron chi connectivity index (χ1n) is 6.56. The standard InChI is InChI=1S/C14H15N5O2/c1-8(20)19-10(9-5-3-2-4-6-9)7-16-12-11(19)13(21)18-14(15)17-12/h2-6,10H,7H2,1H3,(H4,15,16,17,18,21). The number of hydrogen-bond acceptors (Lipinski definition) is 5. The topological polar surface area (TPSA) is 104 Å². The molecule has 2 heterocycles. The van der Waals surface area contributed by atoms with Crippen molar-refractivity contribution in [2.45, 2.75) is 13.0 Å². The first kappa shape index (κ1) is 13.2. The van der Waals surface area contributed by atoms with Crippen LogP contribution in [0.3, 0.4) is 0 Å². The van der Waals surface area contributed by atoms with E-state index in [9.17, 15) is 9.59 Å². The van der Waals surface area contributed by atoms with E-state index in [4.69, 9.17) is 5.73 Å². The van der Waals surface area contributed by atoms with E-state index in [1.54, 1.807) is 0 Å². The van der Waals surface area contributed by atoms with Gasteiger partial charge in [0, 0.05) is 13.5 Å². The maximum atomic E-state index is 12.2. The first-order valence-corrected chi connectivity index (χ1v) is 6.56. The van der Waals surface area contributed by atoms with Gasteiger partial charge in [-0.05, 0) is 5.56 Å². The number of anilines is 3. The molecule has 4 N–H and O–H groups in total. The molecule has 1 aliphatic rings. The Morgan fingerprint density at radius 1 is 1.38 bits per heavy atom. The summed E-state index contributed by atoms with van der Waals surface area (Å²) in [7, 11) is 0. The van der Waals surface area contributed by atoms with Crippen molar-refractivity contribution in [2.75, 3.05) is 22.5 Å². The van der Waals surface area contributed by atoms with Gasteiger partial charge in [0.25, 0.3) is 5.56 Å². The maximum absolute atomic E-state index is 12.2. The van der Waals surface area contributed by atoms with Crippen LogP contribution in [0.1, 0.15) is 18.5 Å². The van der Waals surface area contributed by atoms with Crippen molar-refractivity contribution in [1.29, 1.82) is 0 Å². The van der Waals surface area contributed by atoms with Crippen molar-refractivity contribution in [3.05, 3.63) is 46.2 Å². The summed E-state index contributed by atoms with van der Waals surface area (Å²) in [6.07, 6.45) is 0. The fraction of sp³-hybridized carbons (Fsp3) is 0.214. The molecule has 1 amide bonds. The summed E-state index contributed by atoms with van der Waals surface area (Å²) in [4.78, 5) is 32.2. The molecule has 7 nitrogen and oxygen atoms in total. The number of nitrogen functional groups attached to an aromatic ring is 1. The number of nitrogens with one attached hydrogen (secondary N) is 2. The SMILES string of the molecule is CC(=O)N1c2c(nc(N)[nH]c2=O)NCC1c1ccccc1. The van der Waals surface area contributed by atoms with Crippen molar-refractivity contribution in [3.8, 4) is 0 Å². The van der Waals surface area contributed by atoms with Crippen LogP contribution in [0.2, 0.25) is 0 Å². The Balaban J connectivity index is 2.15. The summed E-state index contributed by atoms with van der Waals surface area (Å²) in [6, 6.07) is 9.28. The molecule has 1 atom stereocenters. The molecular weight excluding hydrogens is 270 g/mol. The number of fused-ring (bicyclic) bond motifs is 1. The van der Waals surface area contributed by atoms with Crippen molar-refractivity contribution in [3.63, 3.8) is 0 Å². The number of rotatable bonds is 1. The quantitative estimate of drug-likeness (QED) is 0.721. The molecule has 1 aliphatic heterocycles. The van der Waals surface area contributed by atoms with Gasteiger partial charge >= 0.3 is 0 Å². The summed E-state index contributed by atoms with van der Waals surface area (Å²) >= 11 is 0. The number of nitrogens with two attached hydrogens (primary N) is 1. The molecule has 108 valence electrons. The molecule has 0 saturated heterocycles. The van der Waals surface area contributed by atoms with E-state index in [1.165, 1.54) is 11.8 Å². The van der Waals surface area contributed by atoms with Crippen LogP contribution in [0, 0.1) is 0 Å². The fourth-order valence-electron chi connectivity index (χ4n) is 2.59. The number of benzene rings is 1. The molecule has 0 radical (unpaired) electrons. The summed E-state index contributed by atoms with van der Waals surface area (Å²) in [5, 5.41) is 3.07. The van der Waals surface area contributed by atoms with Crippen LogP contribution in [-0.4, -0.2) is 22.4 Å². The van der Waals surface area contributed by atoms with Gasteiger partial charge in [-0.2, -0.15) is 4.98 Å². The average molecular weight is 285 g/mol. The van der Waals surface area contributed by atoms with E-state index >= 15 is 0 Å². The van der Waals surface area contributed by atoms with Gasteiger partial charge in [-0.25, -0.2) is 0 Å². The number of amides is 1. The molecule has 2 aromatic rings. The highest BCUT2D eigenvalue weighted by Crippen LogP contribution is 2.33. The average Bonchev–Trinajstić information content (AvgIpc) is 2.46. The molecule has 0 saturated carbocycles. The molecule has 1 aromatic heterocycles. The third kappa shape index (κ3) is 2.22. The molecule has 7 heteroatoms. The third-order valence-electron chi connectivity index (χ3n) is 3.45. The van der Waals surface area contributed by atoms with Gasteiger partial charge in [0.1, 0.15) is 0 Å². The lowest BCUT2D eigenvalue weighted by Gasteiger charge is -2.36. The van der Waals surface area contributed by atoms with Crippen LogP contribution in [-0.2, 0) is 4.79 Å². The Morgan fingerprint density at radius 3 is 2.76 bits per heavy atom. The predicted molar refractivity (Wildman–Crippen MR) is 80.1 cm³/mol. The molecule has 0 bridgehead atoms. The summed E-state index contributed by atoms with van der Waals surface area (Å²) in [5.41, 5.74) is 6.26. The van der Waals surface area contributed by atoms with Crippen LogP contribution in [0.15, 0.2) is 35.1 Å². The number of hydrogen-bond donors (Lipinski definition) is 3. The van der Waals surface area contributed by atoms with E-state index in [1.807, 2.05) is 30.3 Å². The molecule has 21 heavy (non-hydrogen) atoms. The van der Waals surface area contributed by atoms with E-state index in [-0.39, 0.29) is 23.6 Å². The highest BCUT2D eigenvalue weighted by molar-refractivity contribution is 5.96. The molecule has 0 aliphatic carbocycles. The van der Waals surface area contributed by atoms with E-state index in [2.05, 4.69) is 15.3 Å². The number of carbonyl (C=O) groups excluding carboxylic acids is 1. The lowest BCUT2D eigenvalue weighted by atomic mass is 10.0. The van der Waals surface area contributed by atoms with E-state index in [0.717, 1.165) is 5.56 Å². The van der Waals surface area contributed by atoms with Gasteiger partial charge in [-0.15, -0.1) is 0 Å². The number of nitrogens with zero attached hydrogens (tertiary/aromatic N) is 2. The van der Waals surface area contributed by atoms with Crippen molar-refractivity contribution in [2.24, 2.45) is 0 Å². The second-order valence-corrected chi connectivity index (χ2v) is 4.84. The van der Waals surface area contributed by atoms with Crippen LogP contribution >= 0.6 is 0 Å². The summed E-state index contributed by atoms with van der Waals surface area (Å²) in [5.74, 6) is 0.134. The van der Waals surface area contributed by atoms with Crippen molar-refractivity contribution < 1.29 is 4.79 Å². The lowest BCUT2D eigenvalue weighted by molar-refractivity contribution is -0.117. The highest BCUT2D eigenvalue weighted by Gasteiger charge is 2.33. The summed E-state index contributed by atoms with van der Waals surface area (Å²) < 4.78 is 0. The minimum Gasteiger partial charge on any atom is -0.369 e. The number of H-pyrrole nitrogens is 1. The van der Waals surface area contributed by atoms with E-state index < -0.39 is 5.56 Å². The molecule has 0 fully saturated rings. The fourth-order valence-corrected chi connectivity index (χ4v) is 2.59. The molecule has 3 rings (SSSR count). The van der Waals surface area contributed by atoms with Crippen LogP contribution in [0.4, 0.5) is 17.5 Å². The monoisotopic (exact) mass is 285 g/mol. The highest BCUT2D eigenvalue weighted by atomic mass is 16.2. The predicted octanol–water partition coefficient (Wildman–Crippen LogP) is 0.872. The maximum Gasteiger partial charge on any atom is 0.278 e. The Hall–Kier alpha value is -2.83. The van der Waals surface area contributed by atoms with Crippen molar-refractivity contribution in [1.82, 2.24) is 9.97 Å².